The van der Waals surface area contributed by atoms with Crippen LogP contribution in [-0.2, 0) is 4.79 Å². The van der Waals surface area contributed by atoms with E-state index in [-0.39, 0.29) is 18.3 Å². The highest BCUT2D eigenvalue weighted by atomic mass is 16.3. The summed E-state index contributed by atoms with van der Waals surface area (Å²) < 4.78 is 0. The number of carbonyl (C=O) groups is 1. The number of aliphatic hydroxyl groups is 1. The summed E-state index contributed by atoms with van der Waals surface area (Å²) in [5, 5.41) is 19.5. The maximum absolute atomic E-state index is 11.9. The van der Waals surface area contributed by atoms with Crippen molar-refractivity contribution in [3.05, 3.63) is 24.4 Å². The van der Waals surface area contributed by atoms with Crippen molar-refractivity contribution in [1.82, 2.24) is 20.2 Å². The maximum Gasteiger partial charge on any atom is 0.249 e. The molecule has 110 valence electrons. The van der Waals surface area contributed by atoms with Crippen molar-refractivity contribution in [3.63, 3.8) is 0 Å². The Kier molecular flexibility index (Phi) is 3.66. The zero-order chi connectivity index (χ0) is 14.7. The normalized spacial score (nSPS) is 16.8. The van der Waals surface area contributed by atoms with E-state index in [0.29, 0.717) is 24.4 Å². The molecular formula is C14H17N5O2. The van der Waals surface area contributed by atoms with E-state index in [1.807, 2.05) is 12.1 Å². The van der Waals surface area contributed by atoms with Gasteiger partial charge in [-0.05, 0) is 25.0 Å². The van der Waals surface area contributed by atoms with Crippen molar-refractivity contribution in [2.75, 3.05) is 5.32 Å². The summed E-state index contributed by atoms with van der Waals surface area (Å²) >= 11 is 0. The number of pyridine rings is 1. The predicted octanol–water partition coefficient (Wildman–Crippen LogP) is 1.50. The van der Waals surface area contributed by atoms with Crippen LogP contribution in [0.5, 0.6) is 0 Å². The fourth-order valence-corrected chi connectivity index (χ4v) is 2.61. The van der Waals surface area contributed by atoms with Crippen LogP contribution < -0.4 is 5.32 Å². The molecule has 1 aliphatic rings. The lowest BCUT2D eigenvalue weighted by molar-refractivity contribution is -0.120. The summed E-state index contributed by atoms with van der Waals surface area (Å²) in [6.45, 7) is 0. The number of hydrogen-bond donors (Lipinski definition) is 3. The summed E-state index contributed by atoms with van der Waals surface area (Å²) in [7, 11) is 0. The van der Waals surface area contributed by atoms with Gasteiger partial charge in [0.05, 0.1) is 12.0 Å². The molecule has 0 unspecified atom stereocenters. The smallest absolute Gasteiger partial charge is 0.249 e. The van der Waals surface area contributed by atoms with Gasteiger partial charge in [-0.2, -0.15) is 4.98 Å². The van der Waals surface area contributed by atoms with Crippen LogP contribution in [-0.4, -0.2) is 36.8 Å². The third kappa shape index (κ3) is 3.25. The number of nitrogens with zero attached hydrogens (tertiary/aromatic N) is 3. The molecule has 0 spiro atoms. The Morgan fingerprint density at radius 3 is 2.90 bits per heavy atom. The number of anilines is 1. The van der Waals surface area contributed by atoms with Gasteiger partial charge in [-0.3, -0.25) is 20.2 Å². The number of nitrogens with one attached hydrogen (secondary N) is 2. The molecule has 0 aliphatic heterocycles. The van der Waals surface area contributed by atoms with Gasteiger partial charge in [0, 0.05) is 6.20 Å². The molecule has 2 heterocycles. The third-order valence-corrected chi connectivity index (χ3v) is 3.67. The minimum atomic E-state index is -0.871. The van der Waals surface area contributed by atoms with Gasteiger partial charge in [0.2, 0.25) is 11.9 Å². The summed E-state index contributed by atoms with van der Waals surface area (Å²) in [6.07, 6.45) is 5.02. The first-order valence-corrected chi connectivity index (χ1v) is 7.01. The van der Waals surface area contributed by atoms with Gasteiger partial charge in [-0.25, -0.2) is 0 Å². The lowest BCUT2D eigenvalue weighted by Gasteiger charge is -2.20. The Labute approximate surface area is 121 Å². The Morgan fingerprint density at radius 1 is 1.38 bits per heavy atom. The van der Waals surface area contributed by atoms with Gasteiger partial charge in [0.25, 0.3) is 0 Å². The van der Waals surface area contributed by atoms with Crippen LogP contribution in [0.3, 0.4) is 0 Å². The standard InChI is InChI=1S/C14H17N5O2/c20-11(9-14(21)6-2-3-7-14)16-13-17-12(18-19-13)10-5-1-4-8-15-10/h1,4-5,8,21H,2-3,6-7,9H2,(H2,16,17,18,19,20). The zero-order valence-corrected chi connectivity index (χ0v) is 11.5. The predicted molar refractivity (Wildman–Crippen MR) is 76.3 cm³/mol. The Hall–Kier alpha value is -2.28. The van der Waals surface area contributed by atoms with Crippen LogP contribution in [0.15, 0.2) is 24.4 Å². The Bertz CT molecular complexity index is 619. The highest BCUT2D eigenvalue weighted by Crippen LogP contribution is 2.32. The molecule has 7 nitrogen and oxygen atoms in total. The van der Waals surface area contributed by atoms with Crippen LogP contribution >= 0.6 is 0 Å². The van der Waals surface area contributed by atoms with Crippen LogP contribution in [0.4, 0.5) is 5.95 Å². The van der Waals surface area contributed by atoms with Gasteiger partial charge >= 0.3 is 0 Å². The molecule has 1 aliphatic carbocycles. The molecule has 3 N–H and O–H groups in total. The third-order valence-electron chi connectivity index (χ3n) is 3.67. The second kappa shape index (κ2) is 5.61. The van der Waals surface area contributed by atoms with Crippen LogP contribution in [0.1, 0.15) is 32.1 Å². The number of rotatable bonds is 4. The fraction of sp³-hybridized carbons (Fsp3) is 0.429. The topological polar surface area (TPSA) is 104 Å². The van der Waals surface area contributed by atoms with Crippen LogP contribution in [0.2, 0.25) is 0 Å². The van der Waals surface area contributed by atoms with Crippen LogP contribution in [0, 0.1) is 0 Å². The molecular weight excluding hydrogens is 270 g/mol. The summed E-state index contributed by atoms with van der Waals surface area (Å²) in [4.78, 5) is 20.3. The molecule has 2 aromatic heterocycles. The van der Waals surface area contributed by atoms with Crippen molar-refractivity contribution in [2.24, 2.45) is 0 Å². The van der Waals surface area contributed by atoms with Crippen molar-refractivity contribution in [3.8, 4) is 11.5 Å². The average molecular weight is 287 g/mol. The number of H-pyrrole nitrogens is 1. The molecule has 1 amide bonds. The van der Waals surface area contributed by atoms with Gasteiger partial charge in [-0.1, -0.05) is 18.9 Å². The number of aromatic amines is 1. The molecule has 0 saturated heterocycles. The number of carbonyl (C=O) groups excluding carboxylic acids is 1. The lowest BCUT2D eigenvalue weighted by Crippen LogP contribution is -2.31. The van der Waals surface area contributed by atoms with Gasteiger partial charge in [0.15, 0.2) is 5.82 Å². The summed E-state index contributed by atoms with van der Waals surface area (Å²) in [5.74, 6) is 0.415. The molecule has 3 rings (SSSR count). The van der Waals surface area contributed by atoms with Crippen molar-refractivity contribution < 1.29 is 9.90 Å². The van der Waals surface area contributed by atoms with E-state index in [1.165, 1.54) is 0 Å². The first kappa shape index (κ1) is 13.7. The molecule has 1 saturated carbocycles. The summed E-state index contributed by atoms with van der Waals surface area (Å²) in [6, 6.07) is 5.46. The number of hydrogen-bond acceptors (Lipinski definition) is 5. The highest BCUT2D eigenvalue weighted by Gasteiger charge is 2.33. The second-order valence-electron chi connectivity index (χ2n) is 5.38. The molecule has 2 aromatic rings. The van der Waals surface area contributed by atoms with E-state index in [4.69, 9.17) is 0 Å². The first-order valence-electron chi connectivity index (χ1n) is 7.01. The molecule has 0 aromatic carbocycles. The van der Waals surface area contributed by atoms with Crippen LogP contribution in [0.25, 0.3) is 11.5 Å². The molecule has 7 heteroatoms. The van der Waals surface area contributed by atoms with E-state index in [0.717, 1.165) is 12.8 Å². The monoisotopic (exact) mass is 287 g/mol. The number of aromatic nitrogens is 4. The molecule has 0 atom stereocenters. The Balaban J connectivity index is 1.63. The quantitative estimate of drug-likeness (QED) is 0.790. The molecule has 1 fully saturated rings. The summed E-state index contributed by atoms with van der Waals surface area (Å²) in [5.41, 5.74) is -0.218. The first-order chi connectivity index (χ1) is 10.1. The minimum absolute atomic E-state index is 0.0838. The average Bonchev–Trinajstić information content (AvgIpc) is 3.09. The largest absolute Gasteiger partial charge is 0.389 e. The molecule has 0 bridgehead atoms. The lowest BCUT2D eigenvalue weighted by atomic mass is 9.98. The van der Waals surface area contributed by atoms with Gasteiger partial charge in [0.1, 0.15) is 5.69 Å². The van der Waals surface area contributed by atoms with Gasteiger partial charge in [-0.15, -0.1) is 5.10 Å². The molecule has 21 heavy (non-hydrogen) atoms. The Morgan fingerprint density at radius 2 is 2.19 bits per heavy atom. The van der Waals surface area contributed by atoms with E-state index < -0.39 is 5.60 Å². The van der Waals surface area contributed by atoms with E-state index in [1.54, 1.807) is 12.3 Å². The van der Waals surface area contributed by atoms with Gasteiger partial charge < -0.3 is 5.11 Å². The second-order valence-corrected chi connectivity index (χ2v) is 5.38. The van der Waals surface area contributed by atoms with Crippen molar-refractivity contribution >= 4 is 11.9 Å². The van der Waals surface area contributed by atoms with E-state index in [2.05, 4.69) is 25.5 Å². The zero-order valence-electron chi connectivity index (χ0n) is 11.5. The maximum atomic E-state index is 11.9. The van der Waals surface area contributed by atoms with E-state index >= 15 is 0 Å². The van der Waals surface area contributed by atoms with Crippen molar-refractivity contribution in [1.29, 1.82) is 0 Å². The number of amides is 1. The highest BCUT2D eigenvalue weighted by molar-refractivity contribution is 5.89. The molecule has 0 radical (unpaired) electrons. The fourth-order valence-electron chi connectivity index (χ4n) is 2.61. The van der Waals surface area contributed by atoms with Crippen molar-refractivity contribution in [2.45, 2.75) is 37.7 Å². The SMILES string of the molecule is O=C(CC1(O)CCCC1)Nc1n[nH]c(-c2ccccn2)n1. The van der Waals surface area contributed by atoms with E-state index in [9.17, 15) is 9.90 Å². The minimum Gasteiger partial charge on any atom is -0.389 e.